The van der Waals surface area contributed by atoms with Crippen molar-refractivity contribution in [2.45, 2.75) is 45.8 Å². The van der Waals surface area contributed by atoms with Gasteiger partial charge in [0.1, 0.15) is 0 Å². The number of carbonyl (C=O) groups excluding carboxylic acids is 1. The lowest BCUT2D eigenvalue weighted by Gasteiger charge is -2.15. The Morgan fingerprint density at radius 1 is 1.32 bits per heavy atom. The molecule has 0 aromatic carbocycles. The van der Waals surface area contributed by atoms with Crippen molar-refractivity contribution in [3.8, 4) is 0 Å². The molecule has 19 heavy (non-hydrogen) atoms. The normalized spacial score (nSPS) is 12.9. The molecular formula is C14H28O5. The van der Waals surface area contributed by atoms with Crippen LogP contribution in [0.25, 0.3) is 0 Å². The molecule has 0 saturated heterocycles. The largest absolute Gasteiger partial charge is 0.466 e. The Morgan fingerprint density at radius 2 is 1.95 bits per heavy atom. The summed E-state index contributed by atoms with van der Waals surface area (Å²) in [6, 6.07) is 0. The molecule has 1 N–H and O–H groups in total. The van der Waals surface area contributed by atoms with Gasteiger partial charge in [-0.1, -0.05) is 19.9 Å². The highest BCUT2D eigenvalue weighted by Crippen LogP contribution is 1.98. The third-order valence-electron chi connectivity index (χ3n) is 2.14. The van der Waals surface area contributed by atoms with E-state index in [1.807, 2.05) is 13.8 Å². The highest BCUT2D eigenvalue weighted by atomic mass is 16.5. The minimum Gasteiger partial charge on any atom is -0.466 e. The number of methoxy groups -OCH3 is 1. The molecule has 2 unspecified atom stereocenters. The summed E-state index contributed by atoms with van der Waals surface area (Å²) in [6.07, 6.45) is 3.40. The molecule has 2 atom stereocenters. The fourth-order valence-electron chi connectivity index (χ4n) is 0.913. The smallest absolute Gasteiger partial charge is 0.329 e. The molecule has 0 heterocycles. The summed E-state index contributed by atoms with van der Waals surface area (Å²) in [7, 11) is 1.31. The molecule has 0 fully saturated rings. The van der Waals surface area contributed by atoms with E-state index in [0.717, 1.165) is 25.5 Å². The van der Waals surface area contributed by atoms with E-state index in [4.69, 9.17) is 14.6 Å². The van der Waals surface area contributed by atoms with Crippen molar-refractivity contribution in [2.24, 2.45) is 0 Å². The van der Waals surface area contributed by atoms with Crippen LogP contribution in [0, 0.1) is 0 Å². The molecule has 0 aromatic heterocycles. The first-order valence-electron chi connectivity index (χ1n) is 6.56. The fraction of sp³-hybridized carbons (Fsp3) is 0.786. The van der Waals surface area contributed by atoms with Crippen LogP contribution >= 0.6 is 0 Å². The summed E-state index contributed by atoms with van der Waals surface area (Å²) >= 11 is 0. The zero-order chi connectivity index (χ0) is 15.1. The van der Waals surface area contributed by atoms with E-state index >= 15 is 0 Å². The number of rotatable bonds is 9. The van der Waals surface area contributed by atoms with E-state index in [-0.39, 0.29) is 18.8 Å². The van der Waals surface area contributed by atoms with Gasteiger partial charge in [0.15, 0.2) is 0 Å². The summed E-state index contributed by atoms with van der Waals surface area (Å²) in [4.78, 5) is 9.84. The zero-order valence-electron chi connectivity index (χ0n) is 12.6. The number of hydrogen-bond donors (Lipinski definition) is 1. The summed E-state index contributed by atoms with van der Waals surface area (Å²) in [6.45, 7) is 10.6. The molecule has 0 saturated carbocycles. The maximum Gasteiger partial charge on any atom is 0.329 e. The van der Waals surface area contributed by atoms with Crippen molar-refractivity contribution < 1.29 is 24.1 Å². The van der Waals surface area contributed by atoms with Gasteiger partial charge in [-0.15, -0.1) is 0 Å². The van der Waals surface area contributed by atoms with Gasteiger partial charge in [-0.05, 0) is 20.3 Å². The molecule has 0 radical (unpaired) electrons. The second kappa shape index (κ2) is 15.1. The summed E-state index contributed by atoms with van der Waals surface area (Å²) in [5.41, 5.74) is 0. The topological polar surface area (TPSA) is 65.0 Å². The minimum absolute atomic E-state index is 0.0711. The number of ether oxygens (including phenoxy) is 3. The van der Waals surface area contributed by atoms with Crippen LogP contribution in [0.1, 0.15) is 33.6 Å². The number of aliphatic hydroxyl groups excluding tert-OH is 1. The van der Waals surface area contributed by atoms with Gasteiger partial charge in [0.2, 0.25) is 0 Å². The van der Waals surface area contributed by atoms with E-state index in [2.05, 4.69) is 18.2 Å². The molecule has 0 bridgehead atoms. The minimum atomic E-state index is -0.394. The van der Waals surface area contributed by atoms with Gasteiger partial charge in [0.25, 0.3) is 0 Å². The highest BCUT2D eigenvalue weighted by Gasteiger charge is 2.05. The highest BCUT2D eigenvalue weighted by molar-refractivity contribution is 5.80. The molecule has 0 amide bonds. The van der Waals surface area contributed by atoms with Crippen molar-refractivity contribution in [3.05, 3.63) is 12.7 Å². The van der Waals surface area contributed by atoms with E-state index in [1.54, 1.807) is 0 Å². The monoisotopic (exact) mass is 276 g/mol. The van der Waals surface area contributed by atoms with Crippen molar-refractivity contribution >= 4 is 5.97 Å². The van der Waals surface area contributed by atoms with Crippen LogP contribution in [-0.4, -0.2) is 50.2 Å². The average molecular weight is 276 g/mol. The second-order valence-corrected chi connectivity index (χ2v) is 4.09. The molecule has 0 aliphatic heterocycles. The van der Waals surface area contributed by atoms with E-state index < -0.39 is 5.97 Å². The van der Waals surface area contributed by atoms with Crippen molar-refractivity contribution in [2.75, 3.05) is 26.9 Å². The first-order valence-corrected chi connectivity index (χ1v) is 6.56. The van der Waals surface area contributed by atoms with Gasteiger partial charge >= 0.3 is 5.97 Å². The molecule has 5 nitrogen and oxygen atoms in total. The van der Waals surface area contributed by atoms with Crippen LogP contribution in [0.5, 0.6) is 0 Å². The van der Waals surface area contributed by atoms with Crippen LogP contribution in [0.3, 0.4) is 0 Å². The number of aliphatic hydroxyl groups is 1. The number of esters is 1. The Balaban J connectivity index is 0. The molecule has 0 aliphatic rings. The predicted octanol–water partition coefficient (Wildman–Crippen LogP) is 1.93. The SMILES string of the molecule is C=CC(=O)OC.CCCCOC(C)COC(C)CO. The summed E-state index contributed by atoms with van der Waals surface area (Å²) < 4.78 is 14.9. The maximum atomic E-state index is 9.84. The van der Waals surface area contributed by atoms with Gasteiger partial charge in [-0.25, -0.2) is 4.79 Å². The first-order chi connectivity index (χ1) is 9.01. The number of hydrogen-bond acceptors (Lipinski definition) is 5. The Kier molecular flexibility index (Phi) is 16.3. The lowest BCUT2D eigenvalue weighted by molar-refractivity contribution is -0.134. The predicted molar refractivity (Wildman–Crippen MR) is 75.0 cm³/mol. The van der Waals surface area contributed by atoms with Gasteiger partial charge in [-0.2, -0.15) is 0 Å². The lowest BCUT2D eigenvalue weighted by atomic mass is 10.3. The fourth-order valence-corrected chi connectivity index (χ4v) is 0.913. The maximum absolute atomic E-state index is 9.84. The third-order valence-corrected chi connectivity index (χ3v) is 2.14. The standard InChI is InChI=1S/C10H22O3.C4H6O2/c1-4-5-6-12-10(3)8-13-9(2)7-11;1-3-4(5)6-2/h9-11H,4-8H2,1-3H3;3H,1H2,2H3. The molecule has 114 valence electrons. The van der Waals surface area contributed by atoms with Crippen molar-refractivity contribution in [3.63, 3.8) is 0 Å². The van der Waals surface area contributed by atoms with E-state index in [9.17, 15) is 4.79 Å². The van der Waals surface area contributed by atoms with Gasteiger partial charge in [-0.3, -0.25) is 0 Å². The average Bonchev–Trinajstić information content (AvgIpc) is 2.44. The van der Waals surface area contributed by atoms with Gasteiger partial charge in [0, 0.05) is 12.7 Å². The first kappa shape index (κ1) is 20.4. The Morgan fingerprint density at radius 3 is 2.32 bits per heavy atom. The van der Waals surface area contributed by atoms with Crippen LogP contribution < -0.4 is 0 Å². The molecule has 0 spiro atoms. The third kappa shape index (κ3) is 17.1. The van der Waals surface area contributed by atoms with Crippen molar-refractivity contribution in [1.82, 2.24) is 0 Å². The number of unbranched alkanes of at least 4 members (excludes halogenated alkanes) is 1. The molecule has 0 aromatic rings. The van der Waals surface area contributed by atoms with Crippen LogP contribution in [0.4, 0.5) is 0 Å². The van der Waals surface area contributed by atoms with E-state index in [1.165, 1.54) is 7.11 Å². The van der Waals surface area contributed by atoms with Crippen LogP contribution in [-0.2, 0) is 19.0 Å². The summed E-state index contributed by atoms with van der Waals surface area (Å²) in [5.74, 6) is -0.394. The van der Waals surface area contributed by atoms with Crippen LogP contribution in [0.2, 0.25) is 0 Å². The summed E-state index contributed by atoms with van der Waals surface area (Å²) in [5, 5.41) is 8.70. The van der Waals surface area contributed by atoms with Gasteiger partial charge in [0.05, 0.1) is 32.5 Å². The number of carbonyl (C=O) groups is 1. The van der Waals surface area contributed by atoms with Crippen LogP contribution in [0.15, 0.2) is 12.7 Å². The quantitative estimate of drug-likeness (QED) is 0.396. The molecule has 0 aliphatic carbocycles. The van der Waals surface area contributed by atoms with E-state index in [0.29, 0.717) is 6.61 Å². The molecule has 0 rings (SSSR count). The van der Waals surface area contributed by atoms with Crippen molar-refractivity contribution in [1.29, 1.82) is 0 Å². The Labute approximate surface area is 116 Å². The second-order valence-electron chi connectivity index (χ2n) is 4.09. The lowest BCUT2D eigenvalue weighted by Crippen LogP contribution is -2.22. The Bertz CT molecular complexity index is 218. The van der Waals surface area contributed by atoms with Gasteiger partial charge < -0.3 is 19.3 Å². The molecular weight excluding hydrogens is 248 g/mol. The zero-order valence-corrected chi connectivity index (χ0v) is 12.6. The Hall–Kier alpha value is -0.910. The molecule has 5 heteroatoms.